The van der Waals surface area contributed by atoms with Crippen molar-refractivity contribution in [3.63, 3.8) is 0 Å². The molecule has 1 heterocycles. The van der Waals surface area contributed by atoms with Crippen LogP contribution < -0.4 is 10.0 Å². The average Bonchev–Trinajstić information content (AvgIpc) is 3.18. The van der Waals surface area contributed by atoms with Gasteiger partial charge in [0.05, 0.1) is 18.1 Å². The molecular formula is C23H37N3O4S. The van der Waals surface area contributed by atoms with E-state index >= 15 is 0 Å². The SMILES string of the molecule is CNCc1ccc(CSNC(=O)C(C)C(OC)C2CCCN2C(=O)OC(C)(C)C)cc1. The second-order valence-electron chi connectivity index (χ2n) is 8.97. The molecule has 174 valence electrons. The minimum absolute atomic E-state index is 0.0975. The molecule has 1 aliphatic heterocycles. The highest BCUT2D eigenvalue weighted by Crippen LogP contribution is 2.28. The molecule has 0 saturated carbocycles. The molecule has 0 aromatic heterocycles. The maximum absolute atomic E-state index is 12.8. The zero-order chi connectivity index (χ0) is 23.0. The average molecular weight is 452 g/mol. The van der Waals surface area contributed by atoms with Gasteiger partial charge in [-0.1, -0.05) is 31.2 Å². The Morgan fingerprint density at radius 1 is 1.23 bits per heavy atom. The topological polar surface area (TPSA) is 79.9 Å². The summed E-state index contributed by atoms with van der Waals surface area (Å²) in [6.07, 6.45) is 0.926. The number of hydrogen-bond donors (Lipinski definition) is 2. The molecule has 2 N–H and O–H groups in total. The fraction of sp³-hybridized carbons (Fsp3) is 0.652. The van der Waals surface area contributed by atoms with Crippen molar-refractivity contribution in [2.45, 2.75) is 70.6 Å². The molecule has 3 atom stereocenters. The third-order valence-corrected chi connectivity index (χ3v) is 6.12. The summed E-state index contributed by atoms with van der Waals surface area (Å²) in [7, 11) is 3.52. The van der Waals surface area contributed by atoms with Crippen LogP contribution in [0.4, 0.5) is 4.79 Å². The fourth-order valence-corrected chi connectivity index (χ4v) is 4.53. The number of hydrogen-bond acceptors (Lipinski definition) is 6. The van der Waals surface area contributed by atoms with E-state index in [1.54, 1.807) is 12.0 Å². The Morgan fingerprint density at radius 3 is 2.45 bits per heavy atom. The van der Waals surface area contributed by atoms with E-state index in [1.165, 1.54) is 17.5 Å². The van der Waals surface area contributed by atoms with Crippen LogP contribution >= 0.6 is 11.9 Å². The van der Waals surface area contributed by atoms with Crippen LogP contribution in [0, 0.1) is 5.92 Å². The minimum Gasteiger partial charge on any atom is -0.444 e. The van der Waals surface area contributed by atoms with Crippen LogP contribution in [0.3, 0.4) is 0 Å². The number of carbonyl (C=O) groups is 2. The van der Waals surface area contributed by atoms with Gasteiger partial charge in [0, 0.05) is 26.0 Å². The Bertz CT molecular complexity index is 721. The predicted octanol–water partition coefficient (Wildman–Crippen LogP) is 3.72. The highest BCUT2D eigenvalue weighted by Gasteiger charge is 2.41. The lowest BCUT2D eigenvalue weighted by Crippen LogP contribution is -2.50. The smallest absolute Gasteiger partial charge is 0.410 e. The molecule has 1 aliphatic rings. The largest absolute Gasteiger partial charge is 0.444 e. The van der Waals surface area contributed by atoms with Crippen LogP contribution in [0.15, 0.2) is 24.3 Å². The highest BCUT2D eigenvalue weighted by atomic mass is 32.2. The molecule has 31 heavy (non-hydrogen) atoms. The summed E-state index contributed by atoms with van der Waals surface area (Å²) in [6, 6.07) is 8.14. The lowest BCUT2D eigenvalue weighted by atomic mass is 9.95. The molecule has 1 aromatic rings. The number of methoxy groups -OCH3 is 1. The van der Waals surface area contributed by atoms with E-state index in [1.807, 2.05) is 34.7 Å². The van der Waals surface area contributed by atoms with Crippen molar-refractivity contribution >= 4 is 23.9 Å². The summed E-state index contributed by atoms with van der Waals surface area (Å²) in [5.74, 6) is 0.187. The molecule has 0 radical (unpaired) electrons. The third-order valence-electron chi connectivity index (χ3n) is 5.30. The number of ether oxygens (including phenoxy) is 2. The van der Waals surface area contributed by atoms with Gasteiger partial charge in [0.25, 0.3) is 0 Å². The van der Waals surface area contributed by atoms with Gasteiger partial charge < -0.3 is 19.7 Å². The van der Waals surface area contributed by atoms with Crippen LogP contribution in [-0.4, -0.2) is 55.3 Å². The summed E-state index contributed by atoms with van der Waals surface area (Å²) in [5.41, 5.74) is 1.81. The first-order valence-corrected chi connectivity index (χ1v) is 11.8. The zero-order valence-electron chi connectivity index (χ0n) is 19.6. The van der Waals surface area contributed by atoms with Gasteiger partial charge in [0.1, 0.15) is 5.60 Å². The molecule has 1 aromatic carbocycles. The molecule has 2 amide bonds. The normalized spacial score (nSPS) is 18.5. The monoisotopic (exact) mass is 451 g/mol. The number of nitrogens with one attached hydrogen (secondary N) is 2. The van der Waals surface area contributed by atoms with Crippen molar-refractivity contribution in [1.82, 2.24) is 14.9 Å². The molecular weight excluding hydrogens is 414 g/mol. The minimum atomic E-state index is -0.558. The first-order chi connectivity index (χ1) is 14.7. The van der Waals surface area contributed by atoms with Gasteiger partial charge in [-0.25, -0.2) is 4.79 Å². The van der Waals surface area contributed by atoms with Gasteiger partial charge in [0.15, 0.2) is 0 Å². The summed E-state index contributed by atoms with van der Waals surface area (Å²) < 4.78 is 14.2. The Balaban J connectivity index is 1.90. The molecule has 0 spiro atoms. The number of nitrogens with zero attached hydrogens (tertiary/aromatic N) is 1. The van der Waals surface area contributed by atoms with Crippen molar-refractivity contribution in [3.05, 3.63) is 35.4 Å². The van der Waals surface area contributed by atoms with Crippen LogP contribution in [0.2, 0.25) is 0 Å². The quantitative estimate of drug-likeness (QED) is 0.557. The molecule has 3 unspecified atom stereocenters. The third kappa shape index (κ3) is 7.70. The van der Waals surface area contributed by atoms with E-state index in [9.17, 15) is 9.59 Å². The van der Waals surface area contributed by atoms with E-state index in [4.69, 9.17) is 9.47 Å². The van der Waals surface area contributed by atoms with E-state index in [-0.39, 0.29) is 18.0 Å². The second-order valence-corrected chi connectivity index (χ2v) is 9.76. The van der Waals surface area contributed by atoms with Gasteiger partial charge in [-0.3, -0.25) is 9.52 Å². The maximum Gasteiger partial charge on any atom is 0.410 e. The van der Waals surface area contributed by atoms with E-state index in [0.717, 1.165) is 24.9 Å². The molecule has 7 nitrogen and oxygen atoms in total. The van der Waals surface area contributed by atoms with Gasteiger partial charge in [0.2, 0.25) is 5.91 Å². The van der Waals surface area contributed by atoms with Gasteiger partial charge in [-0.05, 0) is 63.7 Å². The van der Waals surface area contributed by atoms with Gasteiger partial charge >= 0.3 is 6.09 Å². The van der Waals surface area contributed by atoms with Crippen molar-refractivity contribution in [2.24, 2.45) is 5.92 Å². The van der Waals surface area contributed by atoms with Crippen LogP contribution in [-0.2, 0) is 26.6 Å². The highest BCUT2D eigenvalue weighted by molar-refractivity contribution is 7.97. The fourth-order valence-electron chi connectivity index (χ4n) is 3.77. The zero-order valence-corrected chi connectivity index (χ0v) is 20.4. The summed E-state index contributed by atoms with van der Waals surface area (Å²) in [6.45, 7) is 8.86. The van der Waals surface area contributed by atoms with Crippen molar-refractivity contribution in [1.29, 1.82) is 0 Å². The lowest BCUT2D eigenvalue weighted by molar-refractivity contribution is -0.128. The van der Waals surface area contributed by atoms with Crippen LogP contribution in [0.5, 0.6) is 0 Å². The van der Waals surface area contributed by atoms with Crippen molar-refractivity contribution in [3.8, 4) is 0 Å². The molecule has 0 bridgehead atoms. The van der Waals surface area contributed by atoms with Gasteiger partial charge in [-0.15, -0.1) is 0 Å². The number of amides is 2. The van der Waals surface area contributed by atoms with Crippen molar-refractivity contribution in [2.75, 3.05) is 20.7 Å². The summed E-state index contributed by atoms with van der Waals surface area (Å²) >= 11 is 1.37. The van der Waals surface area contributed by atoms with Crippen LogP contribution in [0.25, 0.3) is 0 Å². The Hall–Kier alpha value is -1.77. The number of likely N-dealkylation sites (tertiary alicyclic amines) is 1. The van der Waals surface area contributed by atoms with E-state index < -0.39 is 17.6 Å². The lowest BCUT2D eigenvalue weighted by Gasteiger charge is -2.34. The molecule has 1 saturated heterocycles. The maximum atomic E-state index is 12.8. The van der Waals surface area contributed by atoms with Crippen molar-refractivity contribution < 1.29 is 19.1 Å². The Kier molecular flexibility index (Phi) is 9.65. The number of rotatable bonds is 9. The Labute approximate surface area is 190 Å². The first kappa shape index (κ1) is 25.5. The molecule has 2 rings (SSSR count). The molecule has 0 aliphatic carbocycles. The second kappa shape index (κ2) is 11.7. The van der Waals surface area contributed by atoms with E-state index in [2.05, 4.69) is 34.3 Å². The van der Waals surface area contributed by atoms with Crippen LogP contribution in [0.1, 0.15) is 51.7 Å². The molecule has 1 fully saturated rings. The number of benzene rings is 1. The number of carbonyl (C=O) groups excluding carboxylic acids is 2. The molecule has 8 heteroatoms. The Morgan fingerprint density at radius 2 is 1.87 bits per heavy atom. The summed E-state index contributed by atoms with van der Waals surface area (Å²) in [4.78, 5) is 27.1. The predicted molar refractivity (Wildman–Crippen MR) is 125 cm³/mol. The van der Waals surface area contributed by atoms with Gasteiger partial charge in [-0.2, -0.15) is 0 Å². The van der Waals surface area contributed by atoms with E-state index in [0.29, 0.717) is 12.3 Å². The standard InChI is InChI=1S/C23H37N3O4S/c1-16(21(27)25-31-15-18-11-9-17(10-12-18)14-24-5)20(29-6)19-8-7-13-26(19)22(28)30-23(2,3)4/h9-12,16,19-20,24H,7-8,13-15H2,1-6H3,(H,25,27). The first-order valence-electron chi connectivity index (χ1n) is 10.8. The summed E-state index contributed by atoms with van der Waals surface area (Å²) in [5, 5.41) is 3.13.